The van der Waals surface area contributed by atoms with Crippen LogP contribution < -0.4 is 5.32 Å². The minimum Gasteiger partial charge on any atom is -0.506 e. The molecule has 0 spiro atoms. The summed E-state index contributed by atoms with van der Waals surface area (Å²) in [4.78, 5) is 11.9. The maximum absolute atomic E-state index is 11.9. The van der Waals surface area contributed by atoms with Gasteiger partial charge in [0.05, 0.1) is 5.02 Å². The van der Waals surface area contributed by atoms with Crippen molar-refractivity contribution < 1.29 is 9.90 Å². The summed E-state index contributed by atoms with van der Waals surface area (Å²) < 4.78 is 0.909. The van der Waals surface area contributed by atoms with Gasteiger partial charge in [-0.2, -0.15) is 0 Å². The van der Waals surface area contributed by atoms with Crippen LogP contribution in [0.25, 0.3) is 0 Å². The lowest BCUT2D eigenvalue weighted by Crippen LogP contribution is -2.11. The van der Waals surface area contributed by atoms with Gasteiger partial charge in [-0.05, 0) is 42.5 Å². The third kappa shape index (κ3) is 3.03. The van der Waals surface area contributed by atoms with E-state index in [9.17, 15) is 9.90 Å². The van der Waals surface area contributed by atoms with Gasteiger partial charge >= 0.3 is 0 Å². The van der Waals surface area contributed by atoms with Crippen LogP contribution in [0.1, 0.15) is 10.4 Å². The second-order valence-electron chi connectivity index (χ2n) is 3.63. The van der Waals surface area contributed by atoms with Crippen LogP contribution in [0.4, 0.5) is 5.69 Å². The number of hydrogen-bond donors (Lipinski definition) is 2. The number of carbonyl (C=O) groups excluding carboxylic acids is 1. The van der Waals surface area contributed by atoms with E-state index < -0.39 is 0 Å². The fourth-order valence-electron chi connectivity index (χ4n) is 1.39. The van der Waals surface area contributed by atoms with E-state index in [-0.39, 0.29) is 16.7 Å². The molecule has 0 radical (unpaired) electrons. The van der Waals surface area contributed by atoms with Gasteiger partial charge in [0.2, 0.25) is 0 Å². The molecule has 0 bridgehead atoms. The number of nitrogens with one attached hydrogen (secondary N) is 1. The zero-order valence-electron chi connectivity index (χ0n) is 9.15. The Morgan fingerprint density at radius 1 is 1.17 bits per heavy atom. The predicted octanol–water partition coefficient (Wildman–Crippen LogP) is 4.06. The van der Waals surface area contributed by atoms with Gasteiger partial charge in [0.25, 0.3) is 5.91 Å². The SMILES string of the molecule is O=C(Nc1ccc(O)c(Cl)c1)c1ccc(Br)cc1. The molecule has 2 aromatic carbocycles. The van der Waals surface area contributed by atoms with E-state index in [0.29, 0.717) is 11.3 Å². The highest BCUT2D eigenvalue weighted by Gasteiger charge is 2.07. The van der Waals surface area contributed by atoms with Gasteiger partial charge in [-0.25, -0.2) is 0 Å². The summed E-state index contributed by atoms with van der Waals surface area (Å²) in [5, 5.41) is 12.2. The third-order valence-electron chi connectivity index (χ3n) is 2.31. The first-order valence-corrected chi connectivity index (χ1v) is 6.29. The van der Waals surface area contributed by atoms with Crippen LogP contribution in [0.5, 0.6) is 5.75 Å². The van der Waals surface area contributed by atoms with Gasteiger partial charge in [0, 0.05) is 15.7 Å². The number of benzene rings is 2. The molecule has 0 heterocycles. The molecule has 2 aromatic rings. The molecule has 1 amide bonds. The van der Waals surface area contributed by atoms with Crippen molar-refractivity contribution in [2.24, 2.45) is 0 Å². The second kappa shape index (κ2) is 5.42. The zero-order valence-corrected chi connectivity index (χ0v) is 11.5. The fourth-order valence-corrected chi connectivity index (χ4v) is 1.83. The molecule has 0 unspecified atom stereocenters. The molecule has 0 aromatic heterocycles. The predicted molar refractivity (Wildman–Crippen MR) is 75.2 cm³/mol. The first kappa shape index (κ1) is 12.9. The van der Waals surface area contributed by atoms with Gasteiger partial charge < -0.3 is 10.4 Å². The van der Waals surface area contributed by atoms with Crippen molar-refractivity contribution in [3.63, 3.8) is 0 Å². The maximum atomic E-state index is 11.9. The number of phenolic OH excluding ortho intramolecular Hbond substituents is 1. The molecule has 0 saturated heterocycles. The zero-order chi connectivity index (χ0) is 13.1. The van der Waals surface area contributed by atoms with Crippen molar-refractivity contribution >= 4 is 39.1 Å². The average Bonchev–Trinajstić information content (AvgIpc) is 2.34. The van der Waals surface area contributed by atoms with Crippen molar-refractivity contribution in [3.8, 4) is 5.75 Å². The van der Waals surface area contributed by atoms with Crippen molar-refractivity contribution in [1.82, 2.24) is 0 Å². The summed E-state index contributed by atoms with van der Waals surface area (Å²) in [6.07, 6.45) is 0. The molecule has 2 rings (SSSR count). The molecule has 18 heavy (non-hydrogen) atoms. The molecule has 0 aliphatic rings. The molecular weight excluding hydrogens is 318 g/mol. The molecule has 5 heteroatoms. The van der Waals surface area contributed by atoms with Crippen LogP contribution in [0, 0.1) is 0 Å². The lowest BCUT2D eigenvalue weighted by molar-refractivity contribution is 0.102. The topological polar surface area (TPSA) is 49.3 Å². The highest BCUT2D eigenvalue weighted by molar-refractivity contribution is 9.10. The molecule has 2 N–H and O–H groups in total. The molecule has 0 aliphatic carbocycles. The molecule has 0 saturated carbocycles. The number of halogens is 2. The van der Waals surface area contributed by atoms with Gasteiger partial charge in [-0.1, -0.05) is 27.5 Å². The summed E-state index contributed by atoms with van der Waals surface area (Å²) in [5.74, 6) is -0.248. The van der Waals surface area contributed by atoms with Crippen molar-refractivity contribution in [2.45, 2.75) is 0 Å². The van der Waals surface area contributed by atoms with Crippen molar-refractivity contribution in [1.29, 1.82) is 0 Å². The standard InChI is InChI=1S/C13H9BrClNO2/c14-9-3-1-8(2-4-9)13(18)16-10-5-6-12(17)11(15)7-10/h1-7,17H,(H,16,18). The Morgan fingerprint density at radius 2 is 1.83 bits per heavy atom. The number of anilines is 1. The van der Waals surface area contributed by atoms with Crippen molar-refractivity contribution in [3.05, 3.63) is 57.5 Å². The van der Waals surface area contributed by atoms with Gasteiger partial charge in [-0.3, -0.25) is 4.79 Å². The Kier molecular flexibility index (Phi) is 3.89. The first-order valence-electron chi connectivity index (χ1n) is 5.12. The van der Waals surface area contributed by atoms with Crippen LogP contribution >= 0.6 is 27.5 Å². The smallest absolute Gasteiger partial charge is 0.255 e. The summed E-state index contributed by atoms with van der Waals surface area (Å²) in [6, 6.07) is 11.5. The molecule has 3 nitrogen and oxygen atoms in total. The van der Waals surface area contributed by atoms with Gasteiger partial charge in [0.1, 0.15) is 5.75 Å². The summed E-state index contributed by atoms with van der Waals surface area (Å²) in [6.45, 7) is 0. The van der Waals surface area contributed by atoms with E-state index in [1.165, 1.54) is 12.1 Å². The number of phenols is 1. The van der Waals surface area contributed by atoms with E-state index in [4.69, 9.17) is 11.6 Å². The fraction of sp³-hybridized carbons (Fsp3) is 0. The molecule has 0 fully saturated rings. The molecule has 0 atom stereocenters. The highest BCUT2D eigenvalue weighted by atomic mass is 79.9. The maximum Gasteiger partial charge on any atom is 0.255 e. The average molecular weight is 327 g/mol. The van der Waals surface area contributed by atoms with Gasteiger partial charge in [-0.15, -0.1) is 0 Å². The van der Waals surface area contributed by atoms with Crippen LogP contribution in [0.2, 0.25) is 5.02 Å². The summed E-state index contributed by atoms with van der Waals surface area (Å²) >= 11 is 9.06. The largest absolute Gasteiger partial charge is 0.506 e. The number of rotatable bonds is 2. The van der Waals surface area contributed by atoms with E-state index >= 15 is 0 Å². The Labute approximate surface area is 118 Å². The Hall–Kier alpha value is -1.52. The third-order valence-corrected chi connectivity index (χ3v) is 3.14. The second-order valence-corrected chi connectivity index (χ2v) is 4.95. The number of aromatic hydroxyl groups is 1. The first-order chi connectivity index (χ1) is 8.56. The van der Waals surface area contributed by atoms with Gasteiger partial charge in [0.15, 0.2) is 0 Å². The van der Waals surface area contributed by atoms with E-state index in [1.54, 1.807) is 30.3 Å². The molecule has 0 aliphatic heterocycles. The number of hydrogen-bond acceptors (Lipinski definition) is 2. The monoisotopic (exact) mass is 325 g/mol. The minimum absolute atomic E-state index is 0.0155. The normalized spacial score (nSPS) is 10.1. The number of amides is 1. The Balaban J connectivity index is 2.16. The Bertz CT molecular complexity index is 584. The quantitative estimate of drug-likeness (QED) is 0.818. The number of carbonyl (C=O) groups is 1. The van der Waals surface area contributed by atoms with Crippen LogP contribution in [0.15, 0.2) is 46.9 Å². The van der Waals surface area contributed by atoms with E-state index in [2.05, 4.69) is 21.2 Å². The lowest BCUT2D eigenvalue weighted by atomic mass is 10.2. The van der Waals surface area contributed by atoms with Crippen LogP contribution in [0.3, 0.4) is 0 Å². The minimum atomic E-state index is -0.232. The Morgan fingerprint density at radius 3 is 2.44 bits per heavy atom. The van der Waals surface area contributed by atoms with Crippen molar-refractivity contribution in [2.75, 3.05) is 5.32 Å². The van der Waals surface area contributed by atoms with E-state index in [0.717, 1.165) is 4.47 Å². The lowest BCUT2D eigenvalue weighted by Gasteiger charge is -2.06. The highest BCUT2D eigenvalue weighted by Crippen LogP contribution is 2.26. The summed E-state index contributed by atoms with van der Waals surface area (Å²) in [7, 11) is 0. The summed E-state index contributed by atoms with van der Waals surface area (Å²) in [5.41, 5.74) is 1.08. The van der Waals surface area contributed by atoms with Crippen LogP contribution in [-0.2, 0) is 0 Å². The van der Waals surface area contributed by atoms with E-state index in [1.807, 2.05) is 0 Å². The molecule has 92 valence electrons. The van der Waals surface area contributed by atoms with Crippen LogP contribution in [-0.4, -0.2) is 11.0 Å². The molecular formula is C13H9BrClNO2.